The van der Waals surface area contributed by atoms with Gasteiger partial charge in [0, 0.05) is 30.6 Å². The lowest BCUT2D eigenvalue weighted by Crippen LogP contribution is -2.29. The van der Waals surface area contributed by atoms with Gasteiger partial charge in [0.05, 0.1) is 0 Å². The zero-order chi connectivity index (χ0) is 11.4. The van der Waals surface area contributed by atoms with E-state index < -0.39 is 0 Å². The van der Waals surface area contributed by atoms with Crippen molar-refractivity contribution in [1.82, 2.24) is 0 Å². The van der Waals surface area contributed by atoms with Crippen LogP contribution in [0.4, 0.5) is 11.4 Å². The van der Waals surface area contributed by atoms with Crippen LogP contribution in [-0.2, 0) is 0 Å². The van der Waals surface area contributed by atoms with Crippen LogP contribution < -0.4 is 10.6 Å². The number of rotatable bonds is 4. The Labute approximate surface area is 96.9 Å². The number of nitrogens with two attached hydrogens (primary N) is 1. The zero-order valence-corrected chi connectivity index (χ0v) is 9.60. The molecular formula is C13H20N2O. The van der Waals surface area contributed by atoms with Gasteiger partial charge in [-0.05, 0) is 43.9 Å². The fourth-order valence-corrected chi connectivity index (χ4v) is 2.51. The SMILES string of the molecule is Nc1cccc(N2CCCC2CCCO)c1. The zero-order valence-electron chi connectivity index (χ0n) is 9.60. The first-order valence-electron chi connectivity index (χ1n) is 6.04. The number of nitrogen functional groups attached to an aromatic ring is 1. The van der Waals surface area contributed by atoms with E-state index in [1.54, 1.807) is 0 Å². The normalized spacial score (nSPS) is 20.3. The molecule has 1 heterocycles. The largest absolute Gasteiger partial charge is 0.399 e. The Morgan fingerprint density at radius 3 is 3.06 bits per heavy atom. The number of hydrogen-bond donors (Lipinski definition) is 2. The van der Waals surface area contributed by atoms with Gasteiger partial charge in [-0.15, -0.1) is 0 Å². The molecule has 1 aromatic rings. The highest BCUT2D eigenvalue weighted by Crippen LogP contribution is 2.28. The van der Waals surface area contributed by atoms with Gasteiger partial charge in [0.25, 0.3) is 0 Å². The van der Waals surface area contributed by atoms with E-state index in [1.165, 1.54) is 18.5 Å². The Kier molecular flexibility index (Phi) is 3.67. The topological polar surface area (TPSA) is 49.5 Å². The minimum Gasteiger partial charge on any atom is -0.399 e. The highest BCUT2D eigenvalue weighted by atomic mass is 16.2. The van der Waals surface area contributed by atoms with Crippen LogP contribution in [0.2, 0.25) is 0 Å². The molecule has 3 nitrogen and oxygen atoms in total. The third-order valence-electron chi connectivity index (χ3n) is 3.27. The van der Waals surface area contributed by atoms with Crippen molar-refractivity contribution < 1.29 is 5.11 Å². The van der Waals surface area contributed by atoms with Gasteiger partial charge in [0.1, 0.15) is 0 Å². The number of anilines is 2. The lowest BCUT2D eigenvalue weighted by atomic mass is 10.1. The van der Waals surface area contributed by atoms with Crippen LogP contribution >= 0.6 is 0 Å². The van der Waals surface area contributed by atoms with E-state index in [2.05, 4.69) is 11.0 Å². The van der Waals surface area contributed by atoms with E-state index in [-0.39, 0.29) is 0 Å². The van der Waals surface area contributed by atoms with Crippen molar-refractivity contribution in [1.29, 1.82) is 0 Å². The van der Waals surface area contributed by atoms with Crippen LogP contribution in [0.25, 0.3) is 0 Å². The lowest BCUT2D eigenvalue weighted by molar-refractivity contribution is 0.279. The molecule has 1 aliphatic heterocycles. The molecular weight excluding hydrogens is 200 g/mol. The average molecular weight is 220 g/mol. The van der Waals surface area contributed by atoms with E-state index in [1.807, 2.05) is 18.2 Å². The molecule has 0 amide bonds. The smallest absolute Gasteiger partial charge is 0.0431 e. The molecule has 0 aliphatic carbocycles. The van der Waals surface area contributed by atoms with E-state index in [0.29, 0.717) is 12.6 Å². The van der Waals surface area contributed by atoms with Crippen LogP contribution in [0.3, 0.4) is 0 Å². The molecule has 0 radical (unpaired) electrons. The molecule has 0 aromatic heterocycles. The van der Waals surface area contributed by atoms with E-state index >= 15 is 0 Å². The molecule has 1 unspecified atom stereocenters. The molecule has 3 heteroatoms. The maximum Gasteiger partial charge on any atom is 0.0431 e. The molecule has 0 spiro atoms. The molecule has 88 valence electrons. The van der Waals surface area contributed by atoms with Gasteiger partial charge in [-0.1, -0.05) is 6.07 Å². The summed E-state index contributed by atoms with van der Waals surface area (Å²) in [6, 6.07) is 8.66. The lowest BCUT2D eigenvalue weighted by Gasteiger charge is -2.27. The van der Waals surface area contributed by atoms with Gasteiger partial charge in [0.15, 0.2) is 0 Å². The maximum atomic E-state index is 8.89. The minimum atomic E-state index is 0.293. The monoisotopic (exact) mass is 220 g/mol. The van der Waals surface area contributed by atoms with Crippen molar-refractivity contribution in [2.24, 2.45) is 0 Å². The Hall–Kier alpha value is -1.22. The summed E-state index contributed by atoms with van der Waals surface area (Å²) >= 11 is 0. The fraction of sp³-hybridized carbons (Fsp3) is 0.538. The first-order valence-corrected chi connectivity index (χ1v) is 6.04. The molecule has 1 fully saturated rings. The van der Waals surface area contributed by atoms with Crippen molar-refractivity contribution in [3.05, 3.63) is 24.3 Å². The summed E-state index contributed by atoms with van der Waals surface area (Å²) in [6.07, 6.45) is 4.44. The molecule has 1 aromatic carbocycles. The second-order valence-corrected chi connectivity index (χ2v) is 4.45. The van der Waals surface area contributed by atoms with Crippen molar-refractivity contribution in [2.45, 2.75) is 31.7 Å². The summed E-state index contributed by atoms with van der Waals surface area (Å²) in [5.74, 6) is 0. The predicted molar refractivity (Wildman–Crippen MR) is 67.5 cm³/mol. The Morgan fingerprint density at radius 2 is 2.31 bits per heavy atom. The number of benzene rings is 1. The third-order valence-corrected chi connectivity index (χ3v) is 3.27. The third kappa shape index (κ3) is 2.47. The van der Waals surface area contributed by atoms with Crippen LogP contribution in [0.1, 0.15) is 25.7 Å². The van der Waals surface area contributed by atoms with Crippen molar-refractivity contribution in [2.75, 3.05) is 23.8 Å². The maximum absolute atomic E-state index is 8.89. The second kappa shape index (κ2) is 5.21. The van der Waals surface area contributed by atoms with Gasteiger partial charge in [0.2, 0.25) is 0 Å². The molecule has 1 saturated heterocycles. The molecule has 0 bridgehead atoms. The fourth-order valence-electron chi connectivity index (χ4n) is 2.51. The summed E-state index contributed by atoms with van der Waals surface area (Å²) < 4.78 is 0. The second-order valence-electron chi connectivity index (χ2n) is 4.45. The van der Waals surface area contributed by atoms with Crippen LogP contribution in [-0.4, -0.2) is 24.3 Å². The summed E-state index contributed by atoms with van der Waals surface area (Å²) in [7, 11) is 0. The molecule has 3 N–H and O–H groups in total. The minimum absolute atomic E-state index is 0.293. The van der Waals surface area contributed by atoms with Crippen molar-refractivity contribution in [3.63, 3.8) is 0 Å². The quantitative estimate of drug-likeness (QED) is 0.763. The van der Waals surface area contributed by atoms with Crippen molar-refractivity contribution >= 4 is 11.4 Å². The first kappa shape index (κ1) is 11.3. The van der Waals surface area contributed by atoms with Gasteiger partial charge in [-0.3, -0.25) is 0 Å². The number of nitrogens with zero attached hydrogens (tertiary/aromatic N) is 1. The summed E-state index contributed by atoms with van der Waals surface area (Å²) in [4.78, 5) is 2.42. The molecule has 1 atom stereocenters. The van der Waals surface area contributed by atoms with Gasteiger partial charge in [-0.25, -0.2) is 0 Å². The number of aliphatic hydroxyl groups is 1. The summed E-state index contributed by atoms with van der Waals surface area (Å²) in [5, 5.41) is 8.89. The van der Waals surface area contributed by atoms with Gasteiger partial charge < -0.3 is 15.7 Å². The van der Waals surface area contributed by atoms with Crippen LogP contribution in [0, 0.1) is 0 Å². The Bertz CT molecular complexity index is 340. The van der Waals surface area contributed by atoms with E-state index in [9.17, 15) is 0 Å². The van der Waals surface area contributed by atoms with E-state index in [0.717, 1.165) is 25.1 Å². The molecule has 2 rings (SSSR count). The molecule has 1 aliphatic rings. The van der Waals surface area contributed by atoms with Gasteiger partial charge >= 0.3 is 0 Å². The standard InChI is InChI=1S/C13H20N2O/c14-11-4-1-5-13(10-11)15-8-2-6-12(15)7-3-9-16/h1,4-5,10,12,16H,2-3,6-9,14H2. The van der Waals surface area contributed by atoms with E-state index in [4.69, 9.17) is 10.8 Å². The highest BCUT2D eigenvalue weighted by molar-refractivity contribution is 5.57. The number of aliphatic hydroxyl groups excluding tert-OH is 1. The van der Waals surface area contributed by atoms with Crippen LogP contribution in [0.15, 0.2) is 24.3 Å². The molecule has 0 saturated carbocycles. The molecule has 16 heavy (non-hydrogen) atoms. The Morgan fingerprint density at radius 1 is 1.44 bits per heavy atom. The Balaban J connectivity index is 2.07. The summed E-state index contributed by atoms with van der Waals surface area (Å²) in [5.41, 5.74) is 7.85. The average Bonchev–Trinajstić information content (AvgIpc) is 2.74. The van der Waals surface area contributed by atoms with Crippen LogP contribution in [0.5, 0.6) is 0 Å². The first-order chi connectivity index (χ1) is 7.81. The van der Waals surface area contributed by atoms with Gasteiger partial charge in [-0.2, -0.15) is 0 Å². The highest BCUT2D eigenvalue weighted by Gasteiger charge is 2.23. The summed E-state index contributed by atoms with van der Waals surface area (Å²) in [6.45, 7) is 1.40. The number of hydrogen-bond acceptors (Lipinski definition) is 3. The predicted octanol–water partition coefficient (Wildman–Crippen LogP) is 2.01. The van der Waals surface area contributed by atoms with Crippen molar-refractivity contribution in [3.8, 4) is 0 Å².